The van der Waals surface area contributed by atoms with Crippen LogP contribution >= 0.6 is 11.8 Å². The Kier molecular flexibility index (Phi) is 7.26. The number of thioether (sulfide) groups is 1. The molecule has 1 aromatic heterocycles. The number of benzene rings is 1. The Morgan fingerprint density at radius 3 is 2.62 bits per heavy atom. The molecule has 0 bridgehead atoms. The van der Waals surface area contributed by atoms with Crippen LogP contribution < -0.4 is 5.63 Å². The predicted octanol–water partition coefficient (Wildman–Crippen LogP) is 5.17. The summed E-state index contributed by atoms with van der Waals surface area (Å²) >= 11 is 1.53. The van der Waals surface area contributed by atoms with Crippen LogP contribution in [0.5, 0.6) is 0 Å². The molecule has 6 heteroatoms. The molecular weight excluding hydrogens is 355 g/mol. The molecule has 0 saturated carbocycles. The number of esters is 1. The molecule has 0 saturated heterocycles. The second-order valence-corrected chi connectivity index (χ2v) is 8.36. The highest BCUT2D eigenvalue weighted by molar-refractivity contribution is 7.99. The van der Waals surface area contributed by atoms with Crippen molar-refractivity contribution in [1.29, 1.82) is 0 Å². The van der Waals surface area contributed by atoms with E-state index in [1.807, 2.05) is 20.8 Å². The molecule has 0 N–H and O–H groups in total. The van der Waals surface area contributed by atoms with Gasteiger partial charge in [-0.25, -0.2) is 9.18 Å². The molecule has 0 aliphatic heterocycles. The van der Waals surface area contributed by atoms with Gasteiger partial charge < -0.3 is 9.15 Å². The molecule has 0 radical (unpaired) electrons. The molecule has 142 valence electrons. The molecule has 0 unspecified atom stereocenters. The van der Waals surface area contributed by atoms with Crippen molar-refractivity contribution >= 4 is 28.7 Å². The van der Waals surface area contributed by atoms with Crippen LogP contribution in [-0.2, 0) is 9.53 Å². The lowest BCUT2D eigenvalue weighted by Gasteiger charge is -2.16. The number of hydrogen-bond acceptors (Lipinski definition) is 5. The molecule has 26 heavy (non-hydrogen) atoms. The van der Waals surface area contributed by atoms with Crippen LogP contribution in [0, 0.1) is 11.2 Å². The highest BCUT2D eigenvalue weighted by Gasteiger charge is 2.22. The first kappa shape index (κ1) is 20.5. The van der Waals surface area contributed by atoms with E-state index in [0.717, 1.165) is 36.3 Å². The molecule has 2 rings (SSSR count). The van der Waals surface area contributed by atoms with Crippen LogP contribution in [-0.4, -0.2) is 18.3 Å². The molecule has 1 heterocycles. The van der Waals surface area contributed by atoms with E-state index < -0.39 is 11.0 Å². The standard InChI is InChI=1S/C20H25FO4S/c1-20(2,3)19(23)24-10-6-4-5-7-11-26-17-13-18(22)25-16-9-8-14(21)12-15(16)17/h8-9,12-13H,4-7,10-11H2,1-3H3. The second-order valence-electron chi connectivity index (χ2n) is 7.22. The summed E-state index contributed by atoms with van der Waals surface area (Å²) in [5.74, 6) is 0.310. The van der Waals surface area contributed by atoms with Gasteiger partial charge in [0.05, 0.1) is 12.0 Å². The molecule has 4 nitrogen and oxygen atoms in total. The van der Waals surface area contributed by atoms with Crippen molar-refractivity contribution in [2.45, 2.75) is 51.3 Å². The first-order chi connectivity index (χ1) is 12.3. The fourth-order valence-electron chi connectivity index (χ4n) is 2.35. The number of rotatable bonds is 8. The zero-order valence-electron chi connectivity index (χ0n) is 15.5. The Bertz CT molecular complexity index is 808. The van der Waals surface area contributed by atoms with Crippen molar-refractivity contribution in [3.8, 4) is 0 Å². The van der Waals surface area contributed by atoms with Crippen LogP contribution in [0.1, 0.15) is 46.5 Å². The highest BCUT2D eigenvalue weighted by Crippen LogP contribution is 2.28. The van der Waals surface area contributed by atoms with E-state index in [9.17, 15) is 14.0 Å². The van der Waals surface area contributed by atoms with Crippen LogP contribution in [0.15, 0.2) is 38.4 Å². The molecule has 0 atom stereocenters. The quantitative estimate of drug-likeness (QED) is 0.273. The van der Waals surface area contributed by atoms with E-state index in [0.29, 0.717) is 17.6 Å². The van der Waals surface area contributed by atoms with Gasteiger partial charge in [-0.3, -0.25) is 4.79 Å². The van der Waals surface area contributed by atoms with Gasteiger partial charge in [0.15, 0.2) is 0 Å². The van der Waals surface area contributed by atoms with Crippen molar-refractivity contribution in [3.63, 3.8) is 0 Å². The smallest absolute Gasteiger partial charge is 0.337 e. The number of ether oxygens (including phenoxy) is 1. The summed E-state index contributed by atoms with van der Waals surface area (Å²) < 4.78 is 23.8. The average Bonchev–Trinajstić information content (AvgIpc) is 2.56. The van der Waals surface area contributed by atoms with E-state index >= 15 is 0 Å². The summed E-state index contributed by atoms with van der Waals surface area (Å²) in [6.45, 7) is 5.97. The average molecular weight is 380 g/mol. The lowest BCUT2D eigenvalue weighted by atomic mass is 9.97. The van der Waals surface area contributed by atoms with Gasteiger partial charge in [0.2, 0.25) is 0 Å². The molecule has 1 aromatic carbocycles. The van der Waals surface area contributed by atoms with E-state index in [4.69, 9.17) is 9.15 Å². The molecule has 0 amide bonds. The van der Waals surface area contributed by atoms with E-state index in [-0.39, 0.29) is 11.8 Å². The summed E-state index contributed by atoms with van der Waals surface area (Å²) in [7, 11) is 0. The van der Waals surface area contributed by atoms with Crippen LogP contribution in [0.2, 0.25) is 0 Å². The van der Waals surface area contributed by atoms with Gasteiger partial charge in [0, 0.05) is 16.3 Å². The third kappa shape index (κ3) is 6.16. The van der Waals surface area contributed by atoms with Crippen molar-refractivity contribution in [2.24, 2.45) is 5.41 Å². The van der Waals surface area contributed by atoms with Gasteiger partial charge in [-0.05, 0) is 57.6 Å². The first-order valence-corrected chi connectivity index (χ1v) is 9.79. The first-order valence-electron chi connectivity index (χ1n) is 8.81. The minimum atomic E-state index is -0.457. The zero-order chi connectivity index (χ0) is 19.2. The maximum Gasteiger partial charge on any atom is 0.337 e. The van der Waals surface area contributed by atoms with Gasteiger partial charge in [0.1, 0.15) is 11.4 Å². The minimum absolute atomic E-state index is 0.171. The largest absolute Gasteiger partial charge is 0.465 e. The molecule has 0 fully saturated rings. The maximum absolute atomic E-state index is 13.4. The van der Waals surface area contributed by atoms with Crippen molar-refractivity contribution in [2.75, 3.05) is 12.4 Å². The van der Waals surface area contributed by atoms with E-state index in [1.165, 1.54) is 36.0 Å². The van der Waals surface area contributed by atoms with Gasteiger partial charge in [-0.15, -0.1) is 11.8 Å². The molecule has 2 aromatic rings. The number of carbonyl (C=O) groups excluding carboxylic acids is 1. The summed E-state index contributed by atoms with van der Waals surface area (Å²) in [6.07, 6.45) is 3.79. The van der Waals surface area contributed by atoms with Gasteiger partial charge in [-0.2, -0.15) is 0 Å². The van der Waals surface area contributed by atoms with Crippen LogP contribution in [0.4, 0.5) is 4.39 Å². The number of fused-ring (bicyclic) bond motifs is 1. The lowest BCUT2D eigenvalue weighted by molar-refractivity contribution is -0.153. The molecule has 0 spiro atoms. The fourth-order valence-corrected chi connectivity index (χ4v) is 3.41. The Balaban J connectivity index is 1.72. The Morgan fingerprint density at radius 2 is 1.88 bits per heavy atom. The van der Waals surface area contributed by atoms with Crippen molar-refractivity contribution in [1.82, 2.24) is 0 Å². The summed E-state index contributed by atoms with van der Waals surface area (Å²) in [6, 6.07) is 5.57. The van der Waals surface area contributed by atoms with E-state index in [1.54, 1.807) is 0 Å². The molecule has 0 aliphatic carbocycles. The fraction of sp³-hybridized carbons (Fsp3) is 0.500. The molecular formula is C20H25FO4S. The molecule has 0 aliphatic rings. The lowest BCUT2D eigenvalue weighted by Crippen LogP contribution is -2.23. The summed E-state index contributed by atoms with van der Waals surface area (Å²) in [5, 5.41) is 0.628. The summed E-state index contributed by atoms with van der Waals surface area (Å²) in [4.78, 5) is 24.0. The summed E-state index contributed by atoms with van der Waals surface area (Å²) in [5.41, 5.74) is -0.476. The van der Waals surface area contributed by atoms with Gasteiger partial charge in [0.25, 0.3) is 0 Å². The predicted molar refractivity (Wildman–Crippen MR) is 102 cm³/mol. The van der Waals surface area contributed by atoms with Crippen LogP contribution in [0.3, 0.4) is 0 Å². The van der Waals surface area contributed by atoms with Gasteiger partial charge >= 0.3 is 11.6 Å². The number of carbonyl (C=O) groups is 1. The van der Waals surface area contributed by atoms with Crippen LogP contribution in [0.25, 0.3) is 11.0 Å². The third-order valence-electron chi connectivity index (χ3n) is 3.81. The number of unbranched alkanes of at least 4 members (excludes halogenated alkanes) is 3. The van der Waals surface area contributed by atoms with Crippen molar-refractivity contribution < 1.29 is 18.3 Å². The van der Waals surface area contributed by atoms with Gasteiger partial charge in [-0.1, -0.05) is 12.8 Å². The maximum atomic E-state index is 13.4. The number of hydrogen-bond donors (Lipinski definition) is 0. The van der Waals surface area contributed by atoms with Crippen molar-refractivity contribution in [3.05, 3.63) is 40.5 Å². The Labute approximate surface area is 157 Å². The zero-order valence-corrected chi connectivity index (χ0v) is 16.3. The topological polar surface area (TPSA) is 56.5 Å². The Hall–Kier alpha value is -1.82. The minimum Gasteiger partial charge on any atom is -0.465 e. The monoisotopic (exact) mass is 380 g/mol. The third-order valence-corrected chi connectivity index (χ3v) is 4.95. The second kappa shape index (κ2) is 9.21. The SMILES string of the molecule is CC(C)(C)C(=O)OCCCCCCSc1cc(=O)oc2ccc(F)cc12. The van der Waals surface area contributed by atoms with E-state index in [2.05, 4.69) is 0 Å². The Morgan fingerprint density at radius 1 is 1.15 bits per heavy atom. The highest BCUT2D eigenvalue weighted by atomic mass is 32.2. The number of halogens is 1. The normalized spacial score (nSPS) is 11.7.